The minimum Gasteiger partial charge on any atom is -0.383 e. The van der Waals surface area contributed by atoms with Crippen LogP contribution < -0.4 is 10.2 Å². The summed E-state index contributed by atoms with van der Waals surface area (Å²) in [4.78, 5) is 49.1. The number of nitrogens with one attached hydrogen (secondary N) is 1. The van der Waals surface area contributed by atoms with Gasteiger partial charge in [0.25, 0.3) is 23.4 Å². The summed E-state index contributed by atoms with van der Waals surface area (Å²) in [5.41, 5.74) is 1.09. The Morgan fingerprint density at radius 3 is 2.50 bits per heavy atom. The number of fused-ring (bicyclic) bond motifs is 1. The van der Waals surface area contributed by atoms with Crippen LogP contribution in [0.5, 0.6) is 0 Å². The normalized spacial score (nSPS) is 12.9. The van der Waals surface area contributed by atoms with Gasteiger partial charge in [0.15, 0.2) is 0 Å². The number of aryl methyl sites for hydroxylation is 1. The number of imide groups is 1. The Morgan fingerprint density at radius 1 is 1.14 bits per heavy atom. The van der Waals surface area contributed by atoms with Crippen molar-refractivity contribution >= 4 is 29.1 Å². The number of carbonyl (C=O) groups excluding carboxylic acids is 3. The van der Waals surface area contributed by atoms with E-state index >= 15 is 0 Å². The SMILES string of the molecule is COCCNC(=O)c1ccc2c(c1)C(=O)N(c1ccc([N+](=O)[O-])cc1C)C2=O. The van der Waals surface area contributed by atoms with Crippen LogP contribution in [0.1, 0.15) is 36.6 Å². The van der Waals surface area contributed by atoms with Crippen molar-refractivity contribution in [2.45, 2.75) is 6.92 Å². The standard InChI is InChI=1S/C19H17N3O6/c1-11-9-13(22(26)27)4-6-16(11)21-18(24)14-5-3-12(10-15(14)19(21)25)17(23)20-7-8-28-2/h3-6,9-10H,7-8H2,1-2H3,(H,20,23). The van der Waals surface area contributed by atoms with E-state index in [1.54, 1.807) is 6.92 Å². The molecule has 0 saturated heterocycles. The maximum absolute atomic E-state index is 12.8. The average molecular weight is 383 g/mol. The van der Waals surface area contributed by atoms with E-state index in [4.69, 9.17) is 4.74 Å². The van der Waals surface area contributed by atoms with Crippen LogP contribution in [0.3, 0.4) is 0 Å². The zero-order chi connectivity index (χ0) is 20.4. The summed E-state index contributed by atoms with van der Waals surface area (Å²) in [7, 11) is 1.51. The third kappa shape index (κ3) is 3.35. The van der Waals surface area contributed by atoms with Gasteiger partial charge in [-0.1, -0.05) is 0 Å². The molecule has 0 bridgehead atoms. The topological polar surface area (TPSA) is 119 Å². The lowest BCUT2D eigenvalue weighted by molar-refractivity contribution is -0.384. The lowest BCUT2D eigenvalue weighted by atomic mass is 10.1. The van der Waals surface area contributed by atoms with Crippen molar-refractivity contribution in [2.24, 2.45) is 0 Å². The summed E-state index contributed by atoms with van der Waals surface area (Å²) < 4.78 is 4.87. The number of hydrogen-bond acceptors (Lipinski definition) is 6. The minimum absolute atomic E-state index is 0.113. The molecule has 0 atom stereocenters. The number of methoxy groups -OCH3 is 1. The molecule has 0 aromatic heterocycles. The largest absolute Gasteiger partial charge is 0.383 e. The molecular formula is C19H17N3O6. The number of amides is 3. The molecular weight excluding hydrogens is 366 g/mol. The molecule has 2 aromatic rings. The Hall–Kier alpha value is -3.59. The summed E-state index contributed by atoms with van der Waals surface area (Å²) in [5.74, 6) is -1.50. The Labute approximate surface area is 160 Å². The monoisotopic (exact) mass is 383 g/mol. The fourth-order valence-corrected chi connectivity index (χ4v) is 2.97. The maximum atomic E-state index is 12.8. The first-order chi connectivity index (χ1) is 13.3. The van der Waals surface area contributed by atoms with Gasteiger partial charge in [0.05, 0.1) is 28.3 Å². The number of hydrogen-bond donors (Lipinski definition) is 1. The van der Waals surface area contributed by atoms with Gasteiger partial charge in [-0.15, -0.1) is 0 Å². The second-order valence-corrected chi connectivity index (χ2v) is 6.18. The van der Waals surface area contributed by atoms with Crippen LogP contribution in [0.15, 0.2) is 36.4 Å². The summed E-state index contributed by atoms with van der Waals surface area (Å²) in [6.07, 6.45) is 0. The highest BCUT2D eigenvalue weighted by molar-refractivity contribution is 6.35. The van der Waals surface area contributed by atoms with Crippen LogP contribution in [0, 0.1) is 17.0 Å². The van der Waals surface area contributed by atoms with Gasteiger partial charge >= 0.3 is 0 Å². The summed E-state index contributed by atoms with van der Waals surface area (Å²) in [6.45, 7) is 2.25. The van der Waals surface area contributed by atoms with Gasteiger partial charge in [0.2, 0.25) is 0 Å². The van der Waals surface area contributed by atoms with Gasteiger partial charge < -0.3 is 10.1 Å². The molecule has 1 heterocycles. The first kappa shape index (κ1) is 19.2. The van der Waals surface area contributed by atoms with E-state index in [1.807, 2.05) is 0 Å². The third-order valence-corrected chi connectivity index (χ3v) is 4.37. The fraction of sp³-hybridized carbons (Fsp3) is 0.211. The fourth-order valence-electron chi connectivity index (χ4n) is 2.97. The lowest BCUT2D eigenvalue weighted by Gasteiger charge is -2.16. The molecule has 0 fully saturated rings. The van der Waals surface area contributed by atoms with Crippen LogP contribution in [0.2, 0.25) is 0 Å². The Bertz CT molecular complexity index is 1000. The van der Waals surface area contributed by atoms with E-state index in [1.165, 1.54) is 43.5 Å². The molecule has 1 N–H and O–H groups in total. The number of non-ortho nitro benzene ring substituents is 1. The number of rotatable bonds is 6. The van der Waals surface area contributed by atoms with Gasteiger partial charge in [-0.05, 0) is 36.8 Å². The van der Waals surface area contributed by atoms with Crippen LogP contribution in [-0.4, -0.2) is 42.9 Å². The molecule has 0 saturated carbocycles. The van der Waals surface area contributed by atoms with E-state index in [-0.39, 0.29) is 34.0 Å². The van der Waals surface area contributed by atoms with Crippen LogP contribution in [0.25, 0.3) is 0 Å². The van der Waals surface area contributed by atoms with Crippen molar-refractivity contribution in [3.63, 3.8) is 0 Å². The molecule has 0 spiro atoms. The molecule has 1 aliphatic rings. The third-order valence-electron chi connectivity index (χ3n) is 4.37. The van der Waals surface area contributed by atoms with Crippen LogP contribution in [-0.2, 0) is 4.74 Å². The molecule has 28 heavy (non-hydrogen) atoms. The van der Waals surface area contributed by atoms with Crippen molar-refractivity contribution in [3.8, 4) is 0 Å². The highest BCUT2D eigenvalue weighted by atomic mass is 16.6. The lowest BCUT2D eigenvalue weighted by Crippen LogP contribution is -2.30. The molecule has 0 radical (unpaired) electrons. The predicted molar refractivity (Wildman–Crippen MR) is 99.6 cm³/mol. The quantitative estimate of drug-likeness (QED) is 0.353. The summed E-state index contributed by atoms with van der Waals surface area (Å²) in [5, 5.41) is 13.5. The van der Waals surface area contributed by atoms with Crippen molar-refractivity contribution in [1.82, 2.24) is 5.32 Å². The Kier molecular flexibility index (Phi) is 5.18. The number of carbonyl (C=O) groups is 3. The molecule has 0 aliphatic carbocycles. The van der Waals surface area contributed by atoms with Gasteiger partial charge in [-0.25, -0.2) is 4.90 Å². The van der Waals surface area contributed by atoms with Gasteiger partial charge in [0, 0.05) is 31.4 Å². The van der Waals surface area contributed by atoms with Gasteiger partial charge in [0.1, 0.15) is 0 Å². The number of nitro benzene ring substituents is 1. The molecule has 1 aliphatic heterocycles. The van der Waals surface area contributed by atoms with Crippen LogP contribution >= 0.6 is 0 Å². The second kappa shape index (κ2) is 7.57. The first-order valence-corrected chi connectivity index (χ1v) is 8.40. The highest BCUT2D eigenvalue weighted by Crippen LogP contribution is 2.32. The van der Waals surface area contributed by atoms with E-state index in [9.17, 15) is 24.5 Å². The van der Waals surface area contributed by atoms with Crippen molar-refractivity contribution in [2.75, 3.05) is 25.2 Å². The van der Waals surface area contributed by atoms with Crippen LogP contribution in [0.4, 0.5) is 11.4 Å². The second-order valence-electron chi connectivity index (χ2n) is 6.18. The Balaban J connectivity index is 1.91. The van der Waals surface area contributed by atoms with Gasteiger partial charge in [-0.2, -0.15) is 0 Å². The molecule has 3 amide bonds. The zero-order valence-corrected chi connectivity index (χ0v) is 15.2. The van der Waals surface area contributed by atoms with E-state index in [2.05, 4.69) is 5.32 Å². The number of ether oxygens (including phenoxy) is 1. The van der Waals surface area contributed by atoms with Crippen molar-refractivity contribution < 1.29 is 24.0 Å². The minimum atomic E-state index is -0.580. The number of anilines is 1. The molecule has 9 heteroatoms. The van der Waals surface area contributed by atoms with Crippen molar-refractivity contribution in [3.05, 3.63) is 68.8 Å². The highest BCUT2D eigenvalue weighted by Gasteiger charge is 2.38. The smallest absolute Gasteiger partial charge is 0.269 e. The maximum Gasteiger partial charge on any atom is 0.269 e. The van der Waals surface area contributed by atoms with Crippen molar-refractivity contribution in [1.29, 1.82) is 0 Å². The van der Waals surface area contributed by atoms with E-state index < -0.39 is 16.7 Å². The molecule has 9 nitrogen and oxygen atoms in total. The molecule has 0 unspecified atom stereocenters. The number of benzene rings is 2. The first-order valence-electron chi connectivity index (χ1n) is 8.40. The number of nitro groups is 1. The zero-order valence-electron chi connectivity index (χ0n) is 15.2. The van der Waals surface area contributed by atoms with E-state index in [0.29, 0.717) is 18.7 Å². The summed E-state index contributed by atoms with van der Waals surface area (Å²) in [6, 6.07) is 8.18. The van der Waals surface area contributed by atoms with Gasteiger partial charge in [-0.3, -0.25) is 24.5 Å². The number of nitrogens with zero attached hydrogens (tertiary/aromatic N) is 2. The van der Waals surface area contributed by atoms with E-state index in [0.717, 1.165) is 4.90 Å². The summed E-state index contributed by atoms with van der Waals surface area (Å²) >= 11 is 0. The Morgan fingerprint density at radius 2 is 1.86 bits per heavy atom. The molecule has 144 valence electrons. The predicted octanol–water partition coefficient (Wildman–Crippen LogP) is 2.08. The average Bonchev–Trinajstić information content (AvgIpc) is 2.92. The molecule has 3 rings (SSSR count). The molecule has 2 aromatic carbocycles.